The Morgan fingerprint density at radius 3 is 2.05 bits per heavy atom. The fraction of sp³-hybridized carbons (Fsp3) is 0.933. The molecule has 4 nitrogen and oxygen atoms in total. The monoisotopic (exact) mass is 269 g/mol. The van der Waals surface area contributed by atoms with Gasteiger partial charge in [0.05, 0.1) is 12.2 Å². The van der Waals surface area contributed by atoms with Gasteiger partial charge in [-0.15, -0.1) is 0 Å². The maximum absolute atomic E-state index is 11.9. The molecule has 0 unspecified atom stereocenters. The van der Waals surface area contributed by atoms with Gasteiger partial charge >= 0.3 is 6.09 Å². The summed E-state index contributed by atoms with van der Waals surface area (Å²) in [5.41, 5.74) is -0.408. The number of carbonyl (C=O) groups excluding carboxylic acids is 1. The van der Waals surface area contributed by atoms with E-state index in [2.05, 4.69) is 0 Å². The maximum atomic E-state index is 11.9. The van der Waals surface area contributed by atoms with Crippen molar-refractivity contribution in [3.8, 4) is 0 Å². The Bertz CT molecular complexity index is 297. The van der Waals surface area contributed by atoms with E-state index in [1.165, 1.54) is 25.7 Å². The number of hydrogen-bond acceptors (Lipinski definition) is 3. The molecule has 110 valence electrons. The van der Waals surface area contributed by atoms with Crippen molar-refractivity contribution in [3.63, 3.8) is 0 Å². The van der Waals surface area contributed by atoms with E-state index in [1.54, 1.807) is 4.90 Å². The molecule has 2 fully saturated rings. The van der Waals surface area contributed by atoms with Gasteiger partial charge in [0.2, 0.25) is 0 Å². The molecule has 0 N–H and O–H groups in total. The normalized spacial score (nSPS) is 22.8. The molecule has 4 heteroatoms. The van der Waals surface area contributed by atoms with Crippen LogP contribution in [0, 0.1) is 0 Å². The molecule has 0 atom stereocenters. The van der Waals surface area contributed by atoms with Crippen LogP contribution in [0.3, 0.4) is 0 Å². The van der Waals surface area contributed by atoms with Crippen LogP contribution < -0.4 is 0 Å². The lowest BCUT2D eigenvalue weighted by atomic mass is 10.1. The Hall–Kier alpha value is -0.770. The zero-order valence-corrected chi connectivity index (χ0v) is 12.5. The van der Waals surface area contributed by atoms with Gasteiger partial charge in [-0.05, 0) is 46.5 Å². The Balaban J connectivity index is 1.71. The first-order valence-electron chi connectivity index (χ1n) is 7.57. The van der Waals surface area contributed by atoms with E-state index in [-0.39, 0.29) is 6.09 Å². The molecule has 0 radical (unpaired) electrons. The fourth-order valence-electron chi connectivity index (χ4n) is 2.80. The van der Waals surface area contributed by atoms with Crippen LogP contribution in [0.5, 0.6) is 0 Å². The van der Waals surface area contributed by atoms with Crippen LogP contribution in [-0.2, 0) is 9.47 Å². The number of piperidine rings is 1. The van der Waals surface area contributed by atoms with E-state index in [0.29, 0.717) is 12.2 Å². The number of likely N-dealkylation sites (tertiary alicyclic amines) is 1. The zero-order chi connectivity index (χ0) is 13.9. The predicted molar refractivity (Wildman–Crippen MR) is 74.2 cm³/mol. The van der Waals surface area contributed by atoms with E-state index in [9.17, 15) is 4.79 Å². The molecule has 0 aromatic rings. The summed E-state index contributed by atoms with van der Waals surface area (Å²) in [4.78, 5) is 13.7. The third-order valence-corrected chi connectivity index (χ3v) is 3.78. The first kappa shape index (κ1) is 14.6. The Morgan fingerprint density at radius 2 is 1.53 bits per heavy atom. The van der Waals surface area contributed by atoms with Crippen LogP contribution in [0.4, 0.5) is 4.79 Å². The second-order valence-electron chi connectivity index (χ2n) is 6.71. The highest BCUT2D eigenvalue weighted by Crippen LogP contribution is 2.25. The highest BCUT2D eigenvalue weighted by molar-refractivity contribution is 5.68. The SMILES string of the molecule is CC(C)(C)OC(=O)N1CCC(OC2CCCC2)CC1. The Morgan fingerprint density at radius 1 is 1.00 bits per heavy atom. The average molecular weight is 269 g/mol. The van der Waals surface area contributed by atoms with Crippen molar-refractivity contribution in [2.75, 3.05) is 13.1 Å². The molecule has 1 aliphatic heterocycles. The highest BCUT2D eigenvalue weighted by atomic mass is 16.6. The number of ether oxygens (including phenoxy) is 2. The molecule has 0 aromatic carbocycles. The van der Waals surface area contributed by atoms with Gasteiger partial charge in [-0.2, -0.15) is 0 Å². The van der Waals surface area contributed by atoms with Crippen molar-refractivity contribution in [1.29, 1.82) is 0 Å². The molecule has 1 amide bonds. The number of rotatable bonds is 2. The molecular formula is C15H27NO3. The quantitative estimate of drug-likeness (QED) is 0.771. The summed E-state index contributed by atoms with van der Waals surface area (Å²) >= 11 is 0. The van der Waals surface area contributed by atoms with Gasteiger partial charge in [0.25, 0.3) is 0 Å². The van der Waals surface area contributed by atoms with Crippen molar-refractivity contribution in [2.45, 2.75) is 77.1 Å². The second-order valence-corrected chi connectivity index (χ2v) is 6.71. The second kappa shape index (κ2) is 6.12. The number of amides is 1. The van der Waals surface area contributed by atoms with Crippen molar-refractivity contribution >= 4 is 6.09 Å². The van der Waals surface area contributed by atoms with Crippen LogP contribution in [0.1, 0.15) is 59.3 Å². The molecule has 0 spiro atoms. The van der Waals surface area contributed by atoms with Gasteiger partial charge in [-0.25, -0.2) is 4.79 Å². The van der Waals surface area contributed by atoms with E-state index in [4.69, 9.17) is 9.47 Å². The number of hydrogen-bond donors (Lipinski definition) is 0. The van der Waals surface area contributed by atoms with Crippen LogP contribution in [0.2, 0.25) is 0 Å². The lowest BCUT2D eigenvalue weighted by Gasteiger charge is -2.34. The van der Waals surface area contributed by atoms with Crippen LogP contribution >= 0.6 is 0 Å². The van der Waals surface area contributed by atoms with Crippen LogP contribution in [-0.4, -0.2) is 41.9 Å². The number of nitrogens with zero attached hydrogens (tertiary/aromatic N) is 1. The van der Waals surface area contributed by atoms with Crippen molar-refractivity contribution < 1.29 is 14.3 Å². The molecular weight excluding hydrogens is 242 g/mol. The summed E-state index contributed by atoms with van der Waals surface area (Å²) in [5.74, 6) is 0. The summed E-state index contributed by atoms with van der Waals surface area (Å²) in [6.07, 6.45) is 7.54. The Labute approximate surface area is 116 Å². The minimum atomic E-state index is -0.408. The molecule has 1 saturated heterocycles. The predicted octanol–water partition coefficient (Wildman–Crippen LogP) is 3.35. The smallest absolute Gasteiger partial charge is 0.410 e. The molecule has 1 aliphatic carbocycles. The molecule has 2 aliphatic rings. The molecule has 0 aromatic heterocycles. The van der Waals surface area contributed by atoms with E-state index in [0.717, 1.165) is 25.9 Å². The number of carbonyl (C=O) groups is 1. The molecule has 19 heavy (non-hydrogen) atoms. The molecule has 1 saturated carbocycles. The molecule has 2 rings (SSSR count). The average Bonchev–Trinajstić information content (AvgIpc) is 2.80. The van der Waals surface area contributed by atoms with E-state index < -0.39 is 5.60 Å². The van der Waals surface area contributed by atoms with Gasteiger partial charge in [-0.1, -0.05) is 12.8 Å². The maximum Gasteiger partial charge on any atom is 0.410 e. The molecule has 0 bridgehead atoms. The standard InChI is InChI=1S/C15H27NO3/c1-15(2,3)19-14(17)16-10-8-13(9-11-16)18-12-6-4-5-7-12/h12-13H,4-11H2,1-3H3. The van der Waals surface area contributed by atoms with Crippen molar-refractivity contribution in [2.24, 2.45) is 0 Å². The van der Waals surface area contributed by atoms with Crippen molar-refractivity contribution in [1.82, 2.24) is 4.90 Å². The van der Waals surface area contributed by atoms with Gasteiger partial charge in [0.1, 0.15) is 5.60 Å². The third kappa shape index (κ3) is 4.68. The Kier molecular flexibility index (Phi) is 4.71. The third-order valence-electron chi connectivity index (χ3n) is 3.78. The van der Waals surface area contributed by atoms with E-state index >= 15 is 0 Å². The summed E-state index contributed by atoms with van der Waals surface area (Å²) < 4.78 is 11.5. The zero-order valence-electron chi connectivity index (χ0n) is 12.5. The first-order valence-corrected chi connectivity index (χ1v) is 7.57. The fourth-order valence-corrected chi connectivity index (χ4v) is 2.80. The van der Waals surface area contributed by atoms with Gasteiger partial charge < -0.3 is 14.4 Å². The minimum Gasteiger partial charge on any atom is -0.444 e. The first-order chi connectivity index (χ1) is 8.94. The summed E-state index contributed by atoms with van der Waals surface area (Å²) in [6.45, 7) is 7.22. The lowest BCUT2D eigenvalue weighted by Crippen LogP contribution is -2.44. The molecule has 1 heterocycles. The topological polar surface area (TPSA) is 38.8 Å². The van der Waals surface area contributed by atoms with Crippen LogP contribution in [0.25, 0.3) is 0 Å². The summed E-state index contributed by atoms with van der Waals surface area (Å²) in [5, 5.41) is 0. The van der Waals surface area contributed by atoms with Crippen LogP contribution in [0.15, 0.2) is 0 Å². The van der Waals surface area contributed by atoms with Gasteiger partial charge in [0, 0.05) is 13.1 Å². The highest BCUT2D eigenvalue weighted by Gasteiger charge is 2.29. The van der Waals surface area contributed by atoms with Gasteiger partial charge in [-0.3, -0.25) is 0 Å². The summed E-state index contributed by atoms with van der Waals surface area (Å²) in [6, 6.07) is 0. The van der Waals surface area contributed by atoms with Crippen molar-refractivity contribution in [3.05, 3.63) is 0 Å². The van der Waals surface area contributed by atoms with Gasteiger partial charge in [0.15, 0.2) is 0 Å². The lowest BCUT2D eigenvalue weighted by molar-refractivity contribution is -0.0433. The minimum absolute atomic E-state index is 0.188. The largest absolute Gasteiger partial charge is 0.444 e. The summed E-state index contributed by atoms with van der Waals surface area (Å²) in [7, 11) is 0. The van der Waals surface area contributed by atoms with E-state index in [1.807, 2.05) is 20.8 Å².